The zero-order valence-electron chi connectivity index (χ0n) is 11.9. The Kier molecular flexibility index (Phi) is 4.79. The van der Waals surface area contributed by atoms with E-state index in [4.69, 9.17) is 9.47 Å². The third kappa shape index (κ3) is 3.69. The van der Waals surface area contributed by atoms with Crippen LogP contribution in [0, 0.1) is 0 Å². The van der Waals surface area contributed by atoms with Crippen molar-refractivity contribution in [3.8, 4) is 11.5 Å². The van der Waals surface area contributed by atoms with Gasteiger partial charge in [-0.2, -0.15) is 0 Å². The number of thioether (sulfide) groups is 1. The highest BCUT2D eigenvalue weighted by molar-refractivity contribution is 8.01. The number of nitrogens with one attached hydrogen (secondary N) is 1. The fraction of sp³-hybridized carbons (Fsp3) is 0.357. The fourth-order valence-electron chi connectivity index (χ4n) is 2.05. The third-order valence-corrected chi connectivity index (χ3v) is 4.97. The van der Waals surface area contributed by atoms with Crippen LogP contribution in [0.25, 0.3) is 0 Å². The highest BCUT2D eigenvalue weighted by Crippen LogP contribution is 2.32. The monoisotopic (exact) mass is 337 g/mol. The van der Waals surface area contributed by atoms with E-state index >= 15 is 0 Å². The molecule has 2 aromatic rings. The molecule has 0 saturated heterocycles. The molecule has 0 saturated carbocycles. The van der Waals surface area contributed by atoms with E-state index < -0.39 is 0 Å². The molecular weight excluding hydrogens is 322 g/mol. The zero-order chi connectivity index (χ0) is 15.4. The van der Waals surface area contributed by atoms with E-state index in [1.165, 1.54) is 23.1 Å². The molecule has 8 heteroatoms. The van der Waals surface area contributed by atoms with Crippen LogP contribution >= 0.6 is 23.1 Å². The van der Waals surface area contributed by atoms with Crippen LogP contribution in [0.5, 0.6) is 11.5 Å². The van der Waals surface area contributed by atoms with E-state index in [1.54, 1.807) is 5.51 Å². The number of fused-ring (bicyclic) bond motifs is 1. The predicted octanol–water partition coefficient (Wildman–Crippen LogP) is 2.28. The maximum absolute atomic E-state index is 12.0. The lowest BCUT2D eigenvalue weighted by atomic mass is 10.1. The molecule has 0 unspecified atom stereocenters. The van der Waals surface area contributed by atoms with Gasteiger partial charge in [-0.15, -0.1) is 10.2 Å². The van der Waals surface area contributed by atoms with Crippen molar-refractivity contribution in [3.63, 3.8) is 0 Å². The van der Waals surface area contributed by atoms with Gasteiger partial charge in [0.05, 0.1) is 11.8 Å². The first-order chi connectivity index (χ1) is 10.7. The van der Waals surface area contributed by atoms with Crippen LogP contribution in [-0.2, 0) is 4.79 Å². The van der Waals surface area contributed by atoms with Gasteiger partial charge in [-0.3, -0.25) is 4.79 Å². The number of aromatic nitrogens is 2. The molecule has 1 aromatic heterocycles. The normalized spacial score (nSPS) is 14.4. The van der Waals surface area contributed by atoms with Gasteiger partial charge in [0, 0.05) is 0 Å². The lowest BCUT2D eigenvalue weighted by Crippen LogP contribution is -2.28. The van der Waals surface area contributed by atoms with Gasteiger partial charge in [-0.05, 0) is 24.6 Å². The molecule has 1 aliphatic heterocycles. The summed E-state index contributed by atoms with van der Waals surface area (Å²) >= 11 is 2.81. The van der Waals surface area contributed by atoms with Crippen molar-refractivity contribution in [2.45, 2.75) is 17.3 Å². The van der Waals surface area contributed by atoms with Crippen LogP contribution in [-0.4, -0.2) is 35.1 Å². The van der Waals surface area contributed by atoms with Crippen molar-refractivity contribution in [1.29, 1.82) is 0 Å². The quantitative estimate of drug-likeness (QED) is 0.844. The number of hydrogen-bond donors (Lipinski definition) is 1. The predicted molar refractivity (Wildman–Crippen MR) is 84.6 cm³/mol. The summed E-state index contributed by atoms with van der Waals surface area (Å²) in [6, 6.07) is 5.63. The summed E-state index contributed by atoms with van der Waals surface area (Å²) in [4.78, 5) is 12.0. The van der Waals surface area contributed by atoms with Gasteiger partial charge in [0.25, 0.3) is 0 Å². The van der Waals surface area contributed by atoms with Gasteiger partial charge in [-0.1, -0.05) is 29.2 Å². The number of benzene rings is 1. The molecule has 3 rings (SSSR count). The molecule has 1 aromatic carbocycles. The summed E-state index contributed by atoms with van der Waals surface area (Å²) < 4.78 is 11.8. The molecule has 2 heterocycles. The number of carbonyl (C=O) groups is 1. The van der Waals surface area contributed by atoms with Crippen LogP contribution in [0.15, 0.2) is 28.0 Å². The minimum absolute atomic E-state index is 0.0393. The van der Waals surface area contributed by atoms with Crippen molar-refractivity contribution in [2.24, 2.45) is 0 Å². The van der Waals surface area contributed by atoms with Crippen molar-refractivity contribution in [3.05, 3.63) is 29.3 Å². The number of ether oxygens (including phenoxy) is 2. The van der Waals surface area contributed by atoms with Crippen LogP contribution in [0.2, 0.25) is 0 Å². The molecule has 1 atom stereocenters. The Morgan fingerprint density at radius 3 is 3.00 bits per heavy atom. The Labute approximate surface area is 136 Å². The molecule has 22 heavy (non-hydrogen) atoms. The lowest BCUT2D eigenvalue weighted by molar-refractivity contribution is -0.119. The summed E-state index contributed by atoms with van der Waals surface area (Å²) in [7, 11) is 0. The summed E-state index contributed by atoms with van der Waals surface area (Å²) in [5.74, 6) is 1.76. The summed E-state index contributed by atoms with van der Waals surface area (Å²) in [5, 5.41) is 10.6. The average Bonchev–Trinajstić information content (AvgIpc) is 3.06. The van der Waals surface area contributed by atoms with Crippen molar-refractivity contribution < 1.29 is 14.3 Å². The van der Waals surface area contributed by atoms with Gasteiger partial charge < -0.3 is 14.8 Å². The first kappa shape index (κ1) is 15.1. The average molecular weight is 337 g/mol. The molecule has 0 spiro atoms. The van der Waals surface area contributed by atoms with Crippen molar-refractivity contribution in [2.75, 3.05) is 19.0 Å². The largest absolute Gasteiger partial charge is 0.486 e. The molecule has 116 valence electrons. The van der Waals surface area contributed by atoms with Crippen LogP contribution < -0.4 is 14.8 Å². The fourth-order valence-corrected chi connectivity index (χ4v) is 3.35. The van der Waals surface area contributed by atoms with Gasteiger partial charge in [0.15, 0.2) is 15.8 Å². The lowest BCUT2D eigenvalue weighted by Gasteiger charge is -2.21. The molecule has 6 nitrogen and oxygen atoms in total. The number of amides is 1. The van der Waals surface area contributed by atoms with Gasteiger partial charge in [0.1, 0.15) is 18.7 Å². The summed E-state index contributed by atoms with van der Waals surface area (Å²) in [6.45, 7) is 3.07. The minimum Gasteiger partial charge on any atom is -0.486 e. The second-order valence-corrected chi connectivity index (χ2v) is 6.74. The Morgan fingerprint density at radius 1 is 1.41 bits per heavy atom. The van der Waals surface area contributed by atoms with Gasteiger partial charge >= 0.3 is 0 Å². The Bertz CT molecular complexity index is 649. The maximum Gasteiger partial charge on any atom is 0.230 e. The smallest absolute Gasteiger partial charge is 0.230 e. The van der Waals surface area contributed by atoms with Crippen LogP contribution in [0.1, 0.15) is 18.5 Å². The SMILES string of the molecule is C[C@H](NC(=O)CSc1nncs1)c1ccc2c(c1)OCCO2. The molecule has 0 fully saturated rings. The Morgan fingerprint density at radius 2 is 2.23 bits per heavy atom. The topological polar surface area (TPSA) is 73.3 Å². The second kappa shape index (κ2) is 6.97. The maximum atomic E-state index is 12.0. The van der Waals surface area contributed by atoms with Crippen LogP contribution in [0.4, 0.5) is 0 Å². The summed E-state index contributed by atoms with van der Waals surface area (Å²) in [5.41, 5.74) is 2.64. The highest BCUT2D eigenvalue weighted by atomic mass is 32.2. The summed E-state index contributed by atoms with van der Waals surface area (Å²) in [6.07, 6.45) is 0. The van der Waals surface area contributed by atoms with Crippen molar-refractivity contribution in [1.82, 2.24) is 15.5 Å². The van der Waals surface area contributed by atoms with Gasteiger partial charge in [-0.25, -0.2) is 0 Å². The molecule has 1 N–H and O–H groups in total. The third-order valence-electron chi connectivity index (χ3n) is 3.11. The zero-order valence-corrected chi connectivity index (χ0v) is 13.6. The van der Waals surface area contributed by atoms with Gasteiger partial charge in [0.2, 0.25) is 5.91 Å². The molecule has 0 aliphatic carbocycles. The first-order valence-corrected chi connectivity index (χ1v) is 8.67. The van der Waals surface area contributed by atoms with E-state index in [-0.39, 0.29) is 11.9 Å². The molecule has 1 aliphatic rings. The molecule has 1 amide bonds. The van der Waals surface area contributed by atoms with E-state index in [2.05, 4.69) is 15.5 Å². The van der Waals surface area contributed by atoms with E-state index in [9.17, 15) is 4.79 Å². The number of nitrogens with zero attached hydrogens (tertiary/aromatic N) is 2. The van der Waals surface area contributed by atoms with E-state index in [1.807, 2.05) is 25.1 Å². The highest BCUT2D eigenvalue weighted by Gasteiger charge is 2.16. The second-order valence-electron chi connectivity index (χ2n) is 4.69. The Balaban J connectivity index is 1.56. The first-order valence-electron chi connectivity index (χ1n) is 6.80. The number of carbonyl (C=O) groups excluding carboxylic acids is 1. The Hall–Kier alpha value is -1.80. The molecule has 0 radical (unpaired) electrons. The molecular formula is C14H15N3O3S2. The minimum atomic E-state index is -0.0988. The van der Waals surface area contributed by atoms with Crippen molar-refractivity contribution >= 4 is 29.0 Å². The van der Waals surface area contributed by atoms with Crippen LogP contribution in [0.3, 0.4) is 0 Å². The van der Waals surface area contributed by atoms with E-state index in [0.717, 1.165) is 21.4 Å². The standard InChI is InChI=1S/C14H15N3O3S2/c1-9(16-13(18)7-21-14-17-15-8-22-14)10-2-3-11-12(6-10)20-5-4-19-11/h2-3,6,8-9H,4-5,7H2,1H3,(H,16,18)/t9-/m0/s1. The van der Waals surface area contributed by atoms with E-state index in [0.29, 0.717) is 19.0 Å². The number of rotatable bonds is 5. The molecule has 0 bridgehead atoms. The number of hydrogen-bond acceptors (Lipinski definition) is 7.